The van der Waals surface area contributed by atoms with E-state index in [1.54, 1.807) is 6.07 Å². The molecule has 1 aromatic carbocycles. The standard InChI is InChI=1S/C12H11N3OS/c13-12(14)15-11(16)10-7-6-9(17-10)8-4-2-1-3-5-8/h1-7H,(H4,13,14,15,16). The molecule has 1 aromatic heterocycles. The minimum absolute atomic E-state index is 0.218. The Morgan fingerprint density at radius 1 is 1.06 bits per heavy atom. The molecule has 0 atom stereocenters. The molecule has 0 saturated carbocycles. The molecule has 1 amide bonds. The summed E-state index contributed by atoms with van der Waals surface area (Å²) in [5, 5.41) is 0. The number of thiophene rings is 1. The van der Waals surface area contributed by atoms with Crippen molar-refractivity contribution in [1.82, 2.24) is 0 Å². The van der Waals surface area contributed by atoms with Crippen LogP contribution in [0.25, 0.3) is 10.4 Å². The van der Waals surface area contributed by atoms with Crippen LogP contribution in [-0.4, -0.2) is 11.9 Å². The fourth-order valence-electron chi connectivity index (χ4n) is 1.38. The normalized spacial score (nSPS) is 9.88. The minimum Gasteiger partial charge on any atom is -0.370 e. The molecule has 4 nitrogen and oxygen atoms in total. The maximum atomic E-state index is 11.6. The van der Waals surface area contributed by atoms with Crippen LogP contribution in [0, 0.1) is 0 Å². The van der Waals surface area contributed by atoms with Gasteiger partial charge in [0.2, 0.25) is 0 Å². The third-order valence-electron chi connectivity index (χ3n) is 2.11. The van der Waals surface area contributed by atoms with Crippen molar-refractivity contribution in [1.29, 1.82) is 0 Å². The molecule has 5 heteroatoms. The highest BCUT2D eigenvalue weighted by atomic mass is 32.1. The molecule has 0 unspecified atom stereocenters. The summed E-state index contributed by atoms with van der Waals surface area (Å²) in [4.78, 5) is 16.6. The molecule has 0 saturated heterocycles. The summed E-state index contributed by atoms with van der Waals surface area (Å²) in [6, 6.07) is 13.4. The van der Waals surface area contributed by atoms with Crippen LogP contribution < -0.4 is 11.5 Å². The average Bonchev–Trinajstić information content (AvgIpc) is 2.78. The number of guanidine groups is 1. The van der Waals surface area contributed by atoms with Gasteiger partial charge in [0.1, 0.15) is 0 Å². The van der Waals surface area contributed by atoms with Crippen molar-refractivity contribution in [2.75, 3.05) is 0 Å². The molecule has 1 heterocycles. The van der Waals surface area contributed by atoms with Gasteiger partial charge in [-0.3, -0.25) is 4.79 Å². The fourth-order valence-corrected chi connectivity index (χ4v) is 2.28. The number of rotatable bonds is 2. The van der Waals surface area contributed by atoms with Crippen LogP contribution in [0.3, 0.4) is 0 Å². The first-order valence-electron chi connectivity index (χ1n) is 4.96. The van der Waals surface area contributed by atoms with E-state index in [0.29, 0.717) is 4.88 Å². The molecule has 0 aliphatic rings. The number of nitrogens with two attached hydrogens (primary N) is 2. The molecule has 4 N–H and O–H groups in total. The van der Waals surface area contributed by atoms with E-state index in [4.69, 9.17) is 11.5 Å². The van der Waals surface area contributed by atoms with Crippen LogP contribution in [0.2, 0.25) is 0 Å². The monoisotopic (exact) mass is 245 g/mol. The van der Waals surface area contributed by atoms with Gasteiger partial charge in [-0.25, -0.2) is 0 Å². The van der Waals surface area contributed by atoms with Crippen LogP contribution in [0.4, 0.5) is 0 Å². The number of amides is 1. The maximum absolute atomic E-state index is 11.6. The Morgan fingerprint density at radius 2 is 1.76 bits per heavy atom. The van der Waals surface area contributed by atoms with Crippen molar-refractivity contribution >= 4 is 23.2 Å². The Labute approximate surface area is 103 Å². The van der Waals surface area contributed by atoms with Gasteiger partial charge in [-0.05, 0) is 17.7 Å². The molecule has 0 aliphatic heterocycles. The maximum Gasteiger partial charge on any atom is 0.290 e. The predicted octanol–water partition coefficient (Wildman–Crippen LogP) is 1.83. The summed E-state index contributed by atoms with van der Waals surface area (Å²) in [5.74, 6) is -0.623. The number of carbonyl (C=O) groups excluding carboxylic acids is 1. The van der Waals surface area contributed by atoms with Crippen LogP contribution in [0.1, 0.15) is 9.67 Å². The molecule has 86 valence electrons. The Balaban J connectivity index is 2.28. The molecular formula is C12H11N3OS. The highest BCUT2D eigenvalue weighted by Crippen LogP contribution is 2.28. The number of aliphatic imine (C=N–C) groups is 1. The van der Waals surface area contributed by atoms with Gasteiger partial charge >= 0.3 is 0 Å². The van der Waals surface area contributed by atoms with Gasteiger partial charge in [0, 0.05) is 4.88 Å². The van der Waals surface area contributed by atoms with Gasteiger partial charge in [0.15, 0.2) is 5.96 Å². The van der Waals surface area contributed by atoms with Crippen molar-refractivity contribution in [3.8, 4) is 10.4 Å². The first kappa shape index (κ1) is 11.3. The second-order valence-corrected chi connectivity index (χ2v) is 4.46. The van der Waals surface area contributed by atoms with Gasteiger partial charge in [0.05, 0.1) is 4.88 Å². The van der Waals surface area contributed by atoms with Gasteiger partial charge in [-0.1, -0.05) is 30.3 Å². The summed E-state index contributed by atoms with van der Waals surface area (Å²) in [7, 11) is 0. The van der Waals surface area contributed by atoms with E-state index in [0.717, 1.165) is 10.4 Å². The summed E-state index contributed by atoms with van der Waals surface area (Å²) in [5.41, 5.74) is 11.4. The van der Waals surface area contributed by atoms with E-state index in [-0.39, 0.29) is 5.96 Å². The summed E-state index contributed by atoms with van der Waals surface area (Å²) >= 11 is 1.37. The topological polar surface area (TPSA) is 81.5 Å². The van der Waals surface area contributed by atoms with E-state index < -0.39 is 5.91 Å². The number of nitrogens with zero attached hydrogens (tertiary/aromatic N) is 1. The van der Waals surface area contributed by atoms with Crippen LogP contribution in [0.15, 0.2) is 47.5 Å². The third-order valence-corrected chi connectivity index (χ3v) is 3.23. The predicted molar refractivity (Wildman–Crippen MR) is 69.9 cm³/mol. The Bertz CT molecular complexity index is 556. The number of hydrogen-bond acceptors (Lipinski definition) is 2. The molecular weight excluding hydrogens is 234 g/mol. The van der Waals surface area contributed by atoms with Crippen molar-refractivity contribution in [2.45, 2.75) is 0 Å². The van der Waals surface area contributed by atoms with E-state index >= 15 is 0 Å². The largest absolute Gasteiger partial charge is 0.370 e. The lowest BCUT2D eigenvalue weighted by Gasteiger charge is -1.94. The van der Waals surface area contributed by atoms with Crippen molar-refractivity contribution in [3.63, 3.8) is 0 Å². The molecule has 0 fully saturated rings. The minimum atomic E-state index is -0.405. The molecule has 0 radical (unpaired) electrons. The number of benzene rings is 1. The Morgan fingerprint density at radius 3 is 2.41 bits per heavy atom. The number of hydrogen-bond donors (Lipinski definition) is 2. The highest BCUT2D eigenvalue weighted by molar-refractivity contribution is 7.17. The first-order chi connectivity index (χ1) is 8.16. The Kier molecular flexibility index (Phi) is 3.20. The van der Waals surface area contributed by atoms with Crippen molar-refractivity contribution in [3.05, 3.63) is 47.3 Å². The zero-order chi connectivity index (χ0) is 12.3. The van der Waals surface area contributed by atoms with E-state index in [2.05, 4.69) is 4.99 Å². The first-order valence-corrected chi connectivity index (χ1v) is 5.77. The third kappa shape index (κ3) is 2.70. The fraction of sp³-hybridized carbons (Fsp3) is 0. The SMILES string of the molecule is NC(N)=NC(=O)c1ccc(-c2ccccc2)s1. The van der Waals surface area contributed by atoms with Gasteiger partial charge in [-0.2, -0.15) is 4.99 Å². The summed E-state index contributed by atoms with van der Waals surface area (Å²) in [6.07, 6.45) is 0. The molecule has 17 heavy (non-hydrogen) atoms. The molecule has 0 aliphatic carbocycles. The summed E-state index contributed by atoms with van der Waals surface area (Å²) in [6.45, 7) is 0. The average molecular weight is 245 g/mol. The lowest BCUT2D eigenvalue weighted by atomic mass is 10.2. The van der Waals surface area contributed by atoms with Crippen molar-refractivity contribution < 1.29 is 4.79 Å². The van der Waals surface area contributed by atoms with E-state index in [1.807, 2.05) is 36.4 Å². The molecule has 0 spiro atoms. The van der Waals surface area contributed by atoms with Gasteiger partial charge in [-0.15, -0.1) is 11.3 Å². The lowest BCUT2D eigenvalue weighted by molar-refractivity contribution is 0.101. The van der Waals surface area contributed by atoms with E-state index in [9.17, 15) is 4.79 Å². The second kappa shape index (κ2) is 4.80. The van der Waals surface area contributed by atoms with Crippen LogP contribution >= 0.6 is 11.3 Å². The Hall–Kier alpha value is -2.14. The quantitative estimate of drug-likeness (QED) is 0.625. The molecule has 2 aromatic rings. The highest BCUT2D eigenvalue weighted by Gasteiger charge is 2.09. The zero-order valence-electron chi connectivity index (χ0n) is 8.96. The molecule has 2 rings (SSSR count). The number of carbonyl (C=O) groups is 1. The summed E-state index contributed by atoms with van der Waals surface area (Å²) < 4.78 is 0. The van der Waals surface area contributed by atoms with E-state index in [1.165, 1.54) is 11.3 Å². The van der Waals surface area contributed by atoms with Crippen molar-refractivity contribution in [2.24, 2.45) is 16.5 Å². The second-order valence-electron chi connectivity index (χ2n) is 3.37. The van der Waals surface area contributed by atoms with Crippen LogP contribution in [0.5, 0.6) is 0 Å². The van der Waals surface area contributed by atoms with Gasteiger partial charge < -0.3 is 11.5 Å². The van der Waals surface area contributed by atoms with Gasteiger partial charge in [0.25, 0.3) is 5.91 Å². The smallest absolute Gasteiger partial charge is 0.290 e. The molecule has 0 bridgehead atoms. The van der Waals surface area contributed by atoms with Crippen LogP contribution in [-0.2, 0) is 0 Å². The lowest BCUT2D eigenvalue weighted by Crippen LogP contribution is -2.24. The zero-order valence-corrected chi connectivity index (χ0v) is 9.78.